The van der Waals surface area contributed by atoms with E-state index in [0.717, 1.165) is 25.0 Å². The molecule has 0 radical (unpaired) electrons. The van der Waals surface area contributed by atoms with Gasteiger partial charge in [-0.25, -0.2) is 0 Å². The van der Waals surface area contributed by atoms with E-state index in [1.54, 1.807) is 0 Å². The monoisotopic (exact) mass is 277 g/mol. The molecule has 0 bridgehead atoms. The Balaban J connectivity index is 2.48. The maximum absolute atomic E-state index is 12.5. The van der Waals surface area contributed by atoms with E-state index >= 15 is 0 Å². The molecule has 0 aliphatic heterocycles. The van der Waals surface area contributed by atoms with Gasteiger partial charge in [-0.15, -0.1) is 0 Å². The Morgan fingerprint density at radius 1 is 1.11 bits per heavy atom. The van der Waals surface area contributed by atoms with E-state index in [0.29, 0.717) is 13.2 Å². The average Bonchev–Trinajstić information content (AvgIpc) is 2.32. The van der Waals surface area contributed by atoms with E-state index in [1.807, 2.05) is 6.92 Å². The molecule has 108 valence electrons. The number of anilines is 1. The van der Waals surface area contributed by atoms with Gasteiger partial charge in [-0.2, -0.15) is 13.2 Å². The molecule has 0 spiro atoms. The predicted octanol–water partition coefficient (Wildman–Crippen LogP) is 3.48. The van der Waals surface area contributed by atoms with Crippen LogP contribution in [-0.4, -0.2) is 19.8 Å². The molecule has 0 aromatic heterocycles. The second-order valence-corrected chi connectivity index (χ2v) is 4.10. The van der Waals surface area contributed by atoms with Crippen molar-refractivity contribution in [3.8, 4) is 5.75 Å². The molecule has 0 saturated carbocycles. The molecule has 3 nitrogen and oxygen atoms in total. The highest BCUT2D eigenvalue weighted by Gasteiger charge is 2.31. The van der Waals surface area contributed by atoms with E-state index in [-0.39, 0.29) is 18.0 Å². The van der Waals surface area contributed by atoms with Crippen molar-refractivity contribution in [2.45, 2.75) is 25.9 Å². The number of rotatable bonds is 7. The van der Waals surface area contributed by atoms with E-state index < -0.39 is 11.7 Å². The molecule has 19 heavy (non-hydrogen) atoms. The van der Waals surface area contributed by atoms with Gasteiger partial charge in [-0.3, -0.25) is 0 Å². The summed E-state index contributed by atoms with van der Waals surface area (Å²) in [6.07, 6.45) is -2.44. The number of ether oxygens (including phenoxy) is 2. The average molecular weight is 277 g/mol. The van der Waals surface area contributed by atoms with Crippen LogP contribution in [0, 0.1) is 0 Å². The molecule has 6 heteroatoms. The molecule has 0 fully saturated rings. The predicted molar refractivity (Wildman–Crippen MR) is 67.1 cm³/mol. The van der Waals surface area contributed by atoms with Gasteiger partial charge >= 0.3 is 6.18 Å². The summed E-state index contributed by atoms with van der Waals surface area (Å²) in [7, 11) is 0. The third-order valence-corrected chi connectivity index (χ3v) is 2.39. The number of benzene rings is 1. The van der Waals surface area contributed by atoms with Crippen LogP contribution in [0.5, 0.6) is 5.75 Å². The maximum Gasteiger partial charge on any atom is 0.416 e. The summed E-state index contributed by atoms with van der Waals surface area (Å²) >= 11 is 0. The van der Waals surface area contributed by atoms with Crippen LogP contribution in [0.25, 0.3) is 0 Å². The molecule has 2 N–H and O–H groups in total. The second-order valence-electron chi connectivity index (χ2n) is 4.10. The first-order valence-corrected chi connectivity index (χ1v) is 6.11. The number of alkyl halides is 3. The van der Waals surface area contributed by atoms with Crippen LogP contribution in [0.3, 0.4) is 0 Å². The fourth-order valence-corrected chi connectivity index (χ4v) is 1.44. The lowest BCUT2D eigenvalue weighted by Crippen LogP contribution is -2.10. The first-order chi connectivity index (χ1) is 8.93. The zero-order valence-corrected chi connectivity index (χ0v) is 10.8. The Hall–Kier alpha value is -1.43. The highest BCUT2D eigenvalue weighted by atomic mass is 19.4. The van der Waals surface area contributed by atoms with Crippen LogP contribution < -0.4 is 10.5 Å². The lowest BCUT2D eigenvalue weighted by molar-refractivity contribution is -0.137. The van der Waals surface area contributed by atoms with Crippen LogP contribution in [-0.2, 0) is 10.9 Å². The van der Waals surface area contributed by atoms with Crippen LogP contribution in [0.15, 0.2) is 18.2 Å². The molecule has 0 amide bonds. The minimum Gasteiger partial charge on any atom is -0.491 e. The lowest BCUT2D eigenvalue weighted by Gasteiger charge is -2.11. The topological polar surface area (TPSA) is 44.5 Å². The number of nitrogen functional groups attached to an aromatic ring is 1. The highest BCUT2D eigenvalue weighted by Crippen LogP contribution is 2.33. The lowest BCUT2D eigenvalue weighted by atomic mass is 10.2. The molecule has 1 aromatic carbocycles. The van der Waals surface area contributed by atoms with Gasteiger partial charge in [0.1, 0.15) is 12.4 Å². The highest BCUT2D eigenvalue weighted by molar-refractivity contribution is 5.48. The van der Waals surface area contributed by atoms with Gasteiger partial charge in [0.25, 0.3) is 0 Å². The number of hydrogen-bond donors (Lipinski definition) is 1. The van der Waals surface area contributed by atoms with E-state index in [9.17, 15) is 13.2 Å². The first-order valence-electron chi connectivity index (χ1n) is 6.11. The minimum atomic E-state index is -4.43. The van der Waals surface area contributed by atoms with Gasteiger partial charge in [0, 0.05) is 18.4 Å². The zero-order chi connectivity index (χ0) is 14.3. The van der Waals surface area contributed by atoms with Crippen molar-refractivity contribution >= 4 is 5.69 Å². The summed E-state index contributed by atoms with van der Waals surface area (Å²) in [6.45, 7) is 3.22. The van der Waals surface area contributed by atoms with Crippen molar-refractivity contribution in [1.82, 2.24) is 0 Å². The van der Waals surface area contributed by atoms with Gasteiger partial charge in [0.05, 0.1) is 12.2 Å². The SMILES string of the molecule is CCCCOCCOc1cc(N)cc(C(F)(F)F)c1. The van der Waals surface area contributed by atoms with E-state index in [4.69, 9.17) is 15.2 Å². The standard InChI is InChI=1S/C13H18F3NO2/c1-2-3-4-18-5-6-19-12-8-10(13(14,15)16)7-11(17)9-12/h7-9H,2-6,17H2,1H3. The zero-order valence-electron chi connectivity index (χ0n) is 10.8. The largest absolute Gasteiger partial charge is 0.491 e. The van der Waals surface area contributed by atoms with Crippen LogP contribution in [0.2, 0.25) is 0 Å². The molecule has 1 aromatic rings. The third kappa shape index (κ3) is 5.83. The Bertz CT molecular complexity index is 394. The smallest absolute Gasteiger partial charge is 0.416 e. The van der Waals surface area contributed by atoms with Crippen LogP contribution in [0.4, 0.5) is 18.9 Å². The third-order valence-electron chi connectivity index (χ3n) is 2.39. The van der Waals surface area contributed by atoms with E-state index in [2.05, 4.69) is 0 Å². The first kappa shape index (κ1) is 15.6. The van der Waals surface area contributed by atoms with Gasteiger partial charge in [-0.05, 0) is 18.6 Å². The number of unbranched alkanes of at least 4 members (excludes halogenated alkanes) is 1. The molecular formula is C13H18F3NO2. The fraction of sp³-hybridized carbons (Fsp3) is 0.538. The van der Waals surface area contributed by atoms with Crippen molar-refractivity contribution in [3.63, 3.8) is 0 Å². The summed E-state index contributed by atoms with van der Waals surface area (Å²) < 4.78 is 48.1. The quantitative estimate of drug-likeness (QED) is 0.613. The number of nitrogens with two attached hydrogens (primary N) is 1. The molecule has 0 heterocycles. The molecular weight excluding hydrogens is 259 g/mol. The van der Waals surface area contributed by atoms with Crippen molar-refractivity contribution in [1.29, 1.82) is 0 Å². The summed E-state index contributed by atoms with van der Waals surface area (Å²) in [5, 5.41) is 0. The summed E-state index contributed by atoms with van der Waals surface area (Å²) in [4.78, 5) is 0. The number of halogens is 3. The van der Waals surface area contributed by atoms with E-state index in [1.165, 1.54) is 6.07 Å². The Morgan fingerprint density at radius 3 is 2.47 bits per heavy atom. The van der Waals surface area contributed by atoms with Gasteiger partial charge in [-0.1, -0.05) is 13.3 Å². The molecule has 0 aliphatic carbocycles. The summed E-state index contributed by atoms with van der Waals surface area (Å²) in [6, 6.07) is 3.17. The van der Waals surface area contributed by atoms with Crippen LogP contribution in [0.1, 0.15) is 25.3 Å². The molecule has 0 unspecified atom stereocenters. The summed E-state index contributed by atoms with van der Waals surface area (Å²) in [5.41, 5.74) is 4.63. The Morgan fingerprint density at radius 2 is 1.84 bits per heavy atom. The molecule has 0 saturated heterocycles. The van der Waals surface area contributed by atoms with Gasteiger partial charge < -0.3 is 15.2 Å². The van der Waals surface area contributed by atoms with Crippen molar-refractivity contribution in [2.75, 3.05) is 25.6 Å². The van der Waals surface area contributed by atoms with Crippen molar-refractivity contribution in [3.05, 3.63) is 23.8 Å². The second kappa shape index (κ2) is 7.23. The summed E-state index contributed by atoms with van der Waals surface area (Å²) in [5.74, 6) is 0.103. The van der Waals surface area contributed by atoms with Crippen molar-refractivity contribution < 1.29 is 22.6 Å². The fourth-order valence-electron chi connectivity index (χ4n) is 1.44. The Kier molecular flexibility index (Phi) is 5.95. The normalized spacial score (nSPS) is 11.6. The van der Waals surface area contributed by atoms with Crippen molar-refractivity contribution in [2.24, 2.45) is 0 Å². The number of hydrogen-bond acceptors (Lipinski definition) is 3. The minimum absolute atomic E-state index is 0.0247. The molecule has 0 aliphatic rings. The van der Waals surface area contributed by atoms with Gasteiger partial charge in [0.15, 0.2) is 0 Å². The Labute approximate surface area is 110 Å². The van der Waals surface area contributed by atoms with Gasteiger partial charge in [0.2, 0.25) is 0 Å². The molecule has 0 atom stereocenters. The van der Waals surface area contributed by atoms with Crippen LogP contribution >= 0.6 is 0 Å². The molecule has 1 rings (SSSR count). The maximum atomic E-state index is 12.5.